The Hall–Kier alpha value is -0.610. The van der Waals surface area contributed by atoms with E-state index in [2.05, 4.69) is 24.3 Å². The summed E-state index contributed by atoms with van der Waals surface area (Å²) < 4.78 is 15.7. The van der Waals surface area contributed by atoms with Crippen LogP contribution in [-0.4, -0.2) is 20.4 Å². The fourth-order valence-electron chi connectivity index (χ4n) is 1.21. The molecule has 0 heterocycles. The maximum Gasteiger partial charge on any atom is 0.144 e. The van der Waals surface area contributed by atoms with Gasteiger partial charge in [-0.15, -0.1) is 11.8 Å². The smallest absolute Gasteiger partial charge is 0.144 e. The second-order valence-electron chi connectivity index (χ2n) is 5.30. The normalized spacial score (nSPS) is 14.3. The van der Waals surface area contributed by atoms with E-state index in [1.54, 1.807) is 18.0 Å². The van der Waals surface area contributed by atoms with Crippen molar-refractivity contribution in [2.45, 2.75) is 49.5 Å². The van der Waals surface area contributed by atoms with E-state index in [0.29, 0.717) is 5.25 Å². The lowest BCUT2D eigenvalue weighted by Gasteiger charge is -2.13. The summed E-state index contributed by atoms with van der Waals surface area (Å²) in [4.78, 5) is 1.18. The van der Waals surface area contributed by atoms with Crippen LogP contribution in [0, 0.1) is 0 Å². The summed E-state index contributed by atoms with van der Waals surface area (Å²) in [6.45, 7) is 10.1. The highest BCUT2D eigenvalue weighted by molar-refractivity contribution is 8.00. The zero-order chi connectivity index (χ0) is 13.8. The van der Waals surface area contributed by atoms with Crippen LogP contribution in [0.25, 0.3) is 0 Å². The van der Waals surface area contributed by atoms with E-state index in [1.807, 2.05) is 39.0 Å². The molecule has 0 fully saturated rings. The van der Waals surface area contributed by atoms with Gasteiger partial charge < -0.3 is 0 Å². The fourth-order valence-corrected chi connectivity index (χ4v) is 2.66. The molecule has 100 valence electrons. The standard InChI is InChI=1S/C14H21NOS2/c1-11(2)17-13-9-7-6-8-12(13)10-15-18(16)14(3,4)5/h6-11H,1-5H3/t18-/m0/s1. The van der Waals surface area contributed by atoms with Gasteiger partial charge in [-0.25, -0.2) is 4.21 Å². The second-order valence-corrected chi connectivity index (χ2v) is 8.85. The Bertz CT molecular complexity index is 447. The number of hydrogen-bond donors (Lipinski definition) is 0. The van der Waals surface area contributed by atoms with Crippen molar-refractivity contribution in [1.82, 2.24) is 0 Å². The quantitative estimate of drug-likeness (QED) is 0.616. The Labute approximate surface area is 117 Å². The van der Waals surface area contributed by atoms with Crippen LogP contribution < -0.4 is 0 Å². The molecule has 0 bridgehead atoms. The van der Waals surface area contributed by atoms with E-state index >= 15 is 0 Å². The van der Waals surface area contributed by atoms with Crippen LogP contribution in [0.3, 0.4) is 0 Å². The maximum atomic E-state index is 11.9. The molecule has 0 saturated carbocycles. The van der Waals surface area contributed by atoms with Crippen molar-refractivity contribution in [2.75, 3.05) is 0 Å². The lowest BCUT2D eigenvalue weighted by Crippen LogP contribution is -2.19. The van der Waals surface area contributed by atoms with Gasteiger partial charge in [0.15, 0.2) is 0 Å². The minimum atomic E-state index is -1.20. The minimum Gasteiger partial charge on any atom is -0.234 e. The Balaban J connectivity index is 2.91. The van der Waals surface area contributed by atoms with Crippen LogP contribution in [0.5, 0.6) is 0 Å². The molecular weight excluding hydrogens is 262 g/mol. The highest BCUT2D eigenvalue weighted by atomic mass is 32.2. The maximum absolute atomic E-state index is 11.9. The van der Waals surface area contributed by atoms with Crippen LogP contribution in [-0.2, 0) is 11.0 Å². The van der Waals surface area contributed by atoms with Gasteiger partial charge in [-0.2, -0.15) is 4.40 Å². The predicted molar refractivity (Wildman–Crippen MR) is 82.9 cm³/mol. The van der Waals surface area contributed by atoms with Gasteiger partial charge in [0.1, 0.15) is 11.0 Å². The van der Waals surface area contributed by atoms with E-state index in [0.717, 1.165) is 5.56 Å². The first-order chi connectivity index (χ1) is 8.30. The van der Waals surface area contributed by atoms with Crippen molar-refractivity contribution in [3.8, 4) is 0 Å². The van der Waals surface area contributed by atoms with Crippen LogP contribution in [0.1, 0.15) is 40.2 Å². The van der Waals surface area contributed by atoms with Crippen molar-refractivity contribution in [2.24, 2.45) is 4.40 Å². The van der Waals surface area contributed by atoms with E-state index in [9.17, 15) is 4.21 Å². The Morgan fingerprint density at radius 2 is 1.89 bits per heavy atom. The van der Waals surface area contributed by atoms with Crippen molar-refractivity contribution < 1.29 is 4.21 Å². The lowest BCUT2D eigenvalue weighted by atomic mass is 10.2. The second kappa shape index (κ2) is 6.53. The van der Waals surface area contributed by atoms with Gasteiger partial charge in [0.05, 0.1) is 4.75 Å². The highest BCUT2D eigenvalue weighted by Crippen LogP contribution is 2.25. The van der Waals surface area contributed by atoms with Gasteiger partial charge in [0, 0.05) is 21.9 Å². The van der Waals surface area contributed by atoms with E-state index in [-0.39, 0.29) is 4.75 Å². The molecular formula is C14H21NOS2. The van der Waals surface area contributed by atoms with Gasteiger partial charge in [0.2, 0.25) is 0 Å². The molecule has 0 saturated heterocycles. The van der Waals surface area contributed by atoms with Crippen molar-refractivity contribution in [3.05, 3.63) is 29.8 Å². The molecule has 0 unspecified atom stereocenters. The largest absolute Gasteiger partial charge is 0.234 e. The van der Waals surface area contributed by atoms with Crippen molar-refractivity contribution in [1.29, 1.82) is 0 Å². The van der Waals surface area contributed by atoms with Gasteiger partial charge in [-0.05, 0) is 26.8 Å². The number of hydrogen-bond acceptors (Lipinski definition) is 2. The van der Waals surface area contributed by atoms with E-state index in [4.69, 9.17) is 0 Å². The molecule has 0 N–H and O–H groups in total. The van der Waals surface area contributed by atoms with Gasteiger partial charge in [-0.3, -0.25) is 0 Å². The summed E-state index contributed by atoms with van der Waals surface area (Å²) in [7, 11) is -1.20. The summed E-state index contributed by atoms with van der Waals surface area (Å²) in [6, 6.07) is 8.08. The van der Waals surface area contributed by atoms with Gasteiger partial charge in [0.25, 0.3) is 0 Å². The third-order valence-electron chi connectivity index (χ3n) is 2.09. The van der Waals surface area contributed by atoms with Gasteiger partial charge in [-0.1, -0.05) is 32.0 Å². The average Bonchev–Trinajstić information content (AvgIpc) is 2.25. The first-order valence-corrected chi connectivity index (χ1v) is 8.01. The topological polar surface area (TPSA) is 29.4 Å². The van der Waals surface area contributed by atoms with Crippen molar-refractivity contribution in [3.63, 3.8) is 0 Å². The Kier molecular flexibility index (Phi) is 5.60. The molecule has 18 heavy (non-hydrogen) atoms. The zero-order valence-corrected chi connectivity index (χ0v) is 13.3. The van der Waals surface area contributed by atoms with Crippen LogP contribution in [0.15, 0.2) is 33.6 Å². The molecule has 0 aliphatic heterocycles. The monoisotopic (exact) mass is 283 g/mol. The number of thioether (sulfide) groups is 1. The predicted octanol–water partition coefficient (Wildman–Crippen LogP) is 4.07. The number of nitrogens with zero attached hydrogens (tertiary/aromatic N) is 1. The van der Waals surface area contributed by atoms with Crippen LogP contribution in [0.2, 0.25) is 0 Å². The zero-order valence-electron chi connectivity index (χ0n) is 11.6. The highest BCUT2D eigenvalue weighted by Gasteiger charge is 2.18. The summed E-state index contributed by atoms with van der Waals surface area (Å²) in [6.07, 6.45) is 1.73. The molecule has 1 rings (SSSR count). The molecule has 0 radical (unpaired) electrons. The molecule has 2 nitrogen and oxygen atoms in total. The Morgan fingerprint density at radius 3 is 2.44 bits per heavy atom. The SMILES string of the molecule is CC(C)Sc1ccccc1C=N[S@@](=O)C(C)(C)C. The molecule has 0 aliphatic rings. The number of rotatable bonds is 4. The molecule has 1 atom stereocenters. The van der Waals surface area contributed by atoms with Gasteiger partial charge >= 0.3 is 0 Å². The first kappa shape index (κ1) is 15.4. The minimum absolute atomic E-state index is 0.309. The van der Waals surface area contributed by atoms with Crippen molar-refractivity contribution >= 4 is 29.0 Å². The van der Waals surface area contributed by atoms with Crippen LogP contribution >= 0.6 is 11.8 Å². The molecule has 4 heteroatoms. The first-order valence-electron chi connectivity index (χ1n) is 6.02. The molecule has 0 spiro atoms. The molecule has 0 amide bonds. The molecule has 0 aliphatic carbocycles. The Morgan fingerprint density at radius 1 is 1.28 bits per heavy atom. The lowest BCUT2D eigenvalue weighted by molar-refractivity contribution is 0.651. The average molecular weight is 283 g/mol. The summed E-state index contributed by atoms with van der Waals surface area (Å²) >= 11 is 1.79. The third kappa shape index (κ3) is 4.94. The molecule has 1 aromatic rings. The van der Waals surface area contributed by atoms with Crippen LogP contribution in [0.4, 0.5) is 0 Å². The number of benzene rings is 1. The third-order valence-corrected chi connectivity index (χ3v) is 4.53. The van der Waals surface area contributed by atoms with E-state index < -0.39 is 11.0 Å². The summed E-state index contributed by atoms with van der Waals surface area (Å²) in [5, 5.41) is 0.521. The summed E-state index contributed by atoms with van der Waals surface area (Å²) in [5.74, 6) is 0. The fraction of sp³-hybridized carbons (Fsp3) is 0.500. The molecule has 0 aromatic heterocycles. The van der Waals surface area contributed by atoms with E-state index in [1.165, 1.54) is 4.90 Å². The molecule has 1 aromatic carbocycles. The summed E-state index contributed by atoms with van der Waals surface area (Å²) in [5.41, 5.74) is 1.04.